The zero-order valence-corrected chi connectivity index (χ0v) is 12.5. The number of benzene rings is 2. The Hall–Kier alpha value is -3.43. The van der Waals surface area contributed by atoms with E-state index < -0.39 is 17.8 Å². The van der Waals surface area contributed by atoms with Gasteiger partial charge in [0, 0.05) is 5.56 Å². The molecule has 3 rings (SSSR count). The number of amides is 2. The minimum absolute atomic E-state index is 0.0257. The molecule has 1 heterocycles. The first-order valence-electron chi connectivity index (χ1n) is 6.98. The molecule has 1 aromatic heterocycles. The average molecular weight is 348 g/mol. The molecule has 0 saturated carbocycles. The maximum absolute atomic E-state index is 13.0. The third-order valence-electron chi connectivity index (χ3n) is 3.40. The largest absolute Gasteiger partial charge is 0.416 e. The molecule has 0 aliphatic heterocycles. The highest BCUT2D eigenvalue weighted by Gasteiger charge is 2.31. The molecule has 25 heavy (non-hydrogen) atoms. The number of hydrogen-bond acceptors (Lipinski definition) is 4. The number of carbonyl (C=O) groups is 1. The maximum Gasteiger partial charge on any atom is 0.416 e. The molecule has 3 aromatic rings. The number of carbonyl (C=O) groups excluding carboxylic acids is 1. The van der Waals surface area contributed by atoms with E-state index in [0.717, 1.165) is 17.0 Å². The molecular formula is C15H11F3N6O. The van der Waals surface area contributed by atoms with Crippen molar-refractivity contribution in [2.24, 2.45) is 5.73 Å². The van der Waals surface area contributed by atoms with E-state index in [1.54, 1.807) is 18.2 Å². The summed E-state index contributed by atoms with van der Waals surface area (Å²) in [5, 5.41) is 13.2. The van der Waals surface area contributed by atoms with E-state index in [1.807, 2.05) is 0 Å². The van der Waals surface area contributed by atoms with Crippen molar-refractivity contribution in [1.82, 2.24) is 20.6 Å². The molecule has 0 aliphatic rings. The minimum atomic E-state index is -4.55. The van der Waals surface area contributed by atoms with Gasteiger partial charge in [0.15, 0.2) is 5.82 Å². The molecule has 2 aromatic carbocycles. The van der Waals surface area contributed by atoms with Gasteiger partial charge in [-0.2, -0.15) is 13.2 Å². The Morgan fingerprint density at radius 2 is 1.88 bits per heavy atom. The second kappa shape index (κ2) is 6.23. The number of para-hydroxylation sites is 1. The Bertz CT molecular complexity index is 894. The fourth-order valence-electron chi connectivity index (χ4n) is 2.35. The number of aromatic amines is 1. The van der Waals surface area contributed by atoms with Crippen LogP contribution in [0, 0.1) is 0 Å². The van der Waals surface area contributed by atoms with Crippen molar-refractivity contribution < 1.29 is 18.0 Å². The van der Waals surface area contributed by atoms with Gasteiger partial charge < -0.3 is 5.73 Å². The molecule has 0 radical (unpaired) electrons. The molecule has 2 amide bonds. The van der Waals surface area contributed by atoms with Crippen LogP contribution in [0.5, 0.6) is 0 Å². The van der Waals surface area contributed by atoms with Crippen LogP contribution in [-0.4, -0.2) is 26.7 Å². The molecular weight excluding hydrogens is 337 g/mol. The summed E-state index contributed by atoms with van der Waals surface area (Å²) in [5.74, 6) is 0.244. The Morgan fingerprint density at radius 3 is 2.52 bits per heavy atom. The van der Waals surface area contributed by atoms with Gasteiger partial charge in [0.2, 0.25) is 0 Å². The van der Waals surface area contributed by atoms with Gasteiger partial charge in [0.25, 0.3) is 0 Å². The number of alkyl halides is 3. The molecule has 128 valence electrons. The zero-order chi connectivity index (χ0) is 18.0. The van der Waals surface area contributed by atoms with Crippen molar-refractivity contribution in [3.05, 3.63) is 54.1 Å². The van der Waals surface area contributed by atoms with Crippen molar-refractivity contribution in [2.75, 3.05) is 4.90 Å². The molecule has 0 aliphatic carbocycles. The number of halogens is 3. The van der Waals surface area contributed by atoms with Gasteiger partial charge >= 0.3 is 12.2 Å². The van der Waals surface area contributed by atoms with Crippen LogP contribution in [-0.2, 0) is 6.18 Å². The van der Waals surface area contributed by atoms with E-state index in [-0.39, 0.29) is 17.2 Å². The fraction of sp³-hybridized carbons (Fsp3) is 0.0667. The van der Waals surface area contributed by atoms with Crippen LogP contribution in [0.1, 0.15) is 5.56 Å². The highest BCUT2D eigenvalue weighted by atomic mass is 19.4. The molecule has 0 saturated heterocycles. The number of aromatic nitrogens is 4. The lowest BCUT2D eigenvalue weighted by molar-refractivity contribution is -0.137. The smallest absolute Gasteiger partial charge is 0.351 e. The van der Waals surface area contributed by atoms with Gasteiger partial charge in [0.05, 0.1) is 16.9 Å². The molecule has 0 spiro atoms. The molecule has 0 bridgehead atoms. The summed E-state index contributed by atoms with van der Waals surface area (Å²) in [6.07, 6.45) is -4.55. The van der Waals surface area contributed by atoms with E-state index >= 15 is 0 Å². The van der Waals surface area contributed by atoms with Crippen molar-refractivity contribution in [3.63, 3.8) is 0 Å². The van der Waals surface area contributed by atoms with Gasteiger partial charge in [-0.25, -0.2) is 9.89 Å². The third-order valence-corrected chi connectivity index (χ3v) is 3.40. The van der Waals surface area contributed by atoms with E-state index in [1.165, 1.54) is 18.2 Å². The monoisotopic (exact) mass is 348 g/mol. The summed E-state index contributed by atoms with van der Waals surface area (Å²) in [6.45, 7) is 0. The summed E-state index contributed by atoms with van der Waals surface area (Å²) >= 11 is 0. The zero-order valence-electron chi connectivity index (χ0n) is 12.5. The fourth-order valence-corrected chi connectivity index (χ4v) is 2.35. The van der Waals surface area contributed by atoms with Crippen LogP contribution in [0.2, 0.25) is 0 Å². The number of rotatable bonds is 3. The Labute approximate surface area is 139 Å². The number of nitrogens with zero attached hydrogens (tertiary/aromatic N) is 4. The van der Waals surface area contributed by atoms with Gasteiger partial charge in [-0.3, -0.25) is 4.90 Å². The van der Waals surface area contributed by atoms with Crippen molar-refractivity contribution >= 4 is 17.4 Å². The molecule has 0 fully saturated rings. The summed E-state index contributed by atoms with van der Waals surface area (Å²) < 4.78 is 38.9. The highest BCUT2D eigenvalue weighted by Crippen LogP contribution is 2.36. The quantitative estimate of drug-likeness (QED) is 0.759. The predicted octanol–water partition coefficient (Wildman–Crippen LogP) is 3.10. The average Bonchev–Trinajstić information content (AvgIpc) is 3.09. The normalized spacial score (nSPS) is 11.3. The highest BCUT2D eigenvalue weighted by molar-refractivity contribution is 6.01. The lowest BCUT2D eigenvalue weighted by atomic mass is 10.1. The Kier molecular flexibility index (Phi) is 4.09. The molecule has 7 nitrogen and oxygen atoms in total. The van der Waals surface area contributed by atoms with Gasteiger partial charge in [-0.15, -0.1) is 5.10 Å². The van der Waals surface area contributed by atoms with Crippen molar-refractivity contribution in [2.45, 2.75) is 6.18 Å². The lowest BCUT2D eigenvalue weighted by Gasteiger charge is -2.23. The first kappa shape index (κ1) is 16.4. The van der Waals surface area contributed by atoms with Crippen molar-refractivity contribution in [1.29, 1.82) is 0 Å². The van der Waals surface area contributed by atoms with E-state index in [4.69, 9.17) is 5.73 Å². The van der Waals surface area contributed by atoms with E-state index in [0.29, 0.717) is 5.56 Å². The third kappa shape index (κ3) is 3.27. The first-order valence-corrected chi connectivity index (χ1v) is 6.98. The number of nitrogens with two attached hydrogens (primary N) is 1. The number of hydrogen-bond donors (Lipinski definition) is 2. The first-order chi connectivity index (χ1) is 11.9. The van der Waals surface area contributed by atoms with Crippen LogP contribution in [0.4, 0.5) is 29.3 Å². The predicted molar refractivity (Wildman–Crippen MR) is 82.8 cm³/mol. The topological polar surface area (TPSA) is 101 Å². The van der Waals surface area contributed by atoms with Crippen LogP contribution in [0.15, 0.2) is 48.5 Å². The van der Waals surface area contributed by atoms with Crippen LogP contribution < -0.4 is 10.6 Å². The minimum Gasteiger partial charge on any atom is -0.351 e. The SMILES string of the molecule is NC(=O)N(c1cccc(C(F)(F)F)c1)c1ccccc1-c1nnn[nH]1. The summed E-state index contributed by atoms with van der Waals surface area (Å²) in [6, 6.07) is 9.80. The molecule has 10 heteroatoms. The van der Waals surface area contributed by atoms with E-state index in [9.17, 15) is 18.0 Å². The molecule has 0 atom stereocenters. The number of primary amides is 1. The second-order valence-electron chi connectivity index (χ2n) is 4.99. The molecule has 0 unspecified atom stereocenters. The number of anilines is 2. The number of urea groups is 1. The van der Waals surface area contributed by atoms with E-state index in [2.05, 4.69) is 20.6 Å². The summed E-state index contributed by atoms with van der Waals surface area (Å²) in [4.78, 5) is 13.0. The Morgan fingerprint density at radius 1 is 1.12 bits per heavy atom. The lowest BCUT2D eigenvalue weighted by Crippen LogP contribution is -2.32. The summed E-state index contributed by atoms with van der Waals surface area (Å²) in [5.41, 5.74) is 5.16. The van der Waals surface area contributed by atoms with Crippen LogP contribution in [0.3, 0.4) is 0 Å². The Balaban J connectivity index is 2.15. The number of H-pyrrole nitrogens is 1. The van der Waals surface area contributed by atoms with Crippen molar-refractivity contribution in [3.8, 4) is 11.4 Å². The maximum atomic E-state index is 13.0. The van der Waals surface area contributed by atoms with Gasteiger partial charge in [-0.1, -0.05) is 18.2 Å². The standard InChI is InChI=1S/C15H11F3N6O/c16-15(17,18)9-4-3-5-10(8-9)24(14(19)25)12-7-2-1-6-11(12)13-20-22-23-21-13/h1-8H,(H2,19,25)(H,20,21,22,23). The van der Waals surface area contributed by atoms with Crippen LogP contribution in [0.25, 0.3) is 11.4 Å². The van der Waals surface area contributed by atoms with Crippen LogP contribution >= 0.6 is 0 Å². The summed E-state index contributed by atoms with van der Waals surface area (Å²) in [7, 11) is 0. The molecule has 3 N–H and O–H groups in total. The second-order valence-corrected chi connectivity index (χ2v) is 4.99. The number of tetrazole rings is 1. The number of nitrogens with one attached hydrogen (secondary N) is 1. The van der Waals surface area contributed by atoms with Gasteiger partial charge in [0.1, 0.15) is 0 Å². The van der Waals surface area contributed by atoms with Gasteiger partial charge in [-0.05, 0) is 40.8 Å².